The highest BCUT2D eigenvalue weighted by Gasteiger charge is 2.53. The molecule has 20 rings (SSSR count). The first-order chi connectivity index (χ1) is 53.4. The Morgan fingerprint density at radius 1 is 0.165 bits per heavy atom. The highest BCUT2D eigenvalue weighted by molar-refractivity contribution is 7.81. The summed E-state index contributed by atoms with van der Waals surface area (Å²) in [6.45, 7) is 11.5. The number of hydrogen-bond donors (Lipinski definition) is 5. The van der Waals surface area contributed by atoms with Crippen molar-refractivity contribution in [3.05, 3.63) is 149 Å². The van der Waals surface area contributed by atoms with Gasteiger partial charge in [-0.25, -0.2) is 0 Å². The van der Waals surface area contributed by atoms with Crippen LogP contribution in [0.5, 0.6) is 0 Å². The van der Waals surface area contributed by atoms with Crippen LogP contribution in [0.3, 0.4) is 0 Å². The fourth-order valence-electron chi connectivity index (χ4n) is 24.9. The predicted octanol–water partition coefficient (Wildman–Crippen LogP) is 35.4. The molecule has 5 aromatic carbocycles. The van der Waals surface area contributed by atoms with Crippen LogP contribution in [0.2, 0.25) is 0 Å². The summed E-state index contributed by atoms with van der Waals surface area (Å²) in [7, 11) is 0. The van der Waals surface area contributed by atoms with Crippen LogP contribution >= 0.6 is 63.1 Å². The van der Waals surface area contributed by atoms with Gasteiger partial charge in [-0.1, -0.05) is 256 Å². The molecule has 0 radical (unpaired) electrons. The molecule has 0 unspecified atom stereocenters. The van der Waals surface area contributed by atoms with Crippen LogP contribution in [0.15, 0.2) is 146 Å². The minimum absolute atomic E-state index is 0. The Balaban J connectivity index is 0.000000221. The highest BCUT2D eigenvalue weighted by atomic mass is 32.1. The number of fused-ring (bicyclic) bond motifs is 15. The molecule has 650 valence electrons. The second kappa shape index (κ2) is 48.5. The summed E-state index contributed by atoms with van der Waals surface area (Å²) >= 11 is 22.2. The van der Waals surface area contributed by atoms with Gasteiger partial charge in [0.1, 0.15) is 0 Å². The molecule has 0 amide bonds. The summed E-state index contributed by atoms with van der Waals surface area (Å²) in [5, 5.41) is 0. The van der Waals surface area contributed by atoms with Crippen molar-refractivity contribution in [3.8, 4) is 0 Å². The van der Waals surface area contributed by atoms with Gasteiger partial charge in [-0.05, 0) is 367 Å². The molecule has 10 bridgehead atoms. The zero-order chi connectivity index (χ0) is 77.3. The molecule has 15 fully saturated rings. The first-order valence-electron chi connectivity index (χ1n) is 47.4. The fraction of sp³-hybridized carbons (Fsp3) is 0.714. The van der Waals surface area contributed by atoms with Gasteiger partial charge in [0.15, 0.2) is 0 Å². The van der Waals surface area contributed by atoms with E-state index < -0.39 is 0 Å². The lowest BCUT2D eigenvalue weighted by atomic mass is 9.51. The van der Waals surface area contributed by atoms with E-state index in [2.05, 4.69) is 219 Å². The van der Waals surface area contributed by atoms with Crippen molar-refractivity contribution in [2.24, 2.45) is 27.1 Å². The maximum absolute atomic E-state index is 4.44. The molecule has 15 saturated carbocycles. The molecule has 0 saturated heterocycles. The maximum atomic E-state index is 4.44. The summed E-state index contributed by atoms with van der Waals surface area (Å²) in [5.41, 5.74) is 14.0. The van der Waals surface area contributed by atoms with E-state index in [1.807, 2.05) is 0 Å². The van der Waals surface area contributed by atoms with Crippen LogP contribution < -0.4 is 0 Å². The predicted molar refractivity (Wildman–Crippen MR) is 507 cm³/mol. The average Bonchev–Trinajstić information content (AvgIpc) is 0.777. The first kappa shape index (κ1) is 101. The van der Waals surface area contributed by atoms with Gasteiger partial charge in [-0.3, -0.25) is 23.5 Å². The van der Waals surface area contributed by atoms with Gasteiger partial charge in [0.25, 0.3) is 0 Å². The third-order valence-electron chi connectivity index (χ3n) is 33.5. The topological polar surface area (TPSA) is 0 Å². The summed E-state index contributed by atoms with van der Waals surface area (Å²) < 4.78 is 0. The Morgan fingerprint density at radius 2 is 0.278 bits per heavy atom. The second-order valence-corrected chi connectivity index (χ2v) is 42.5. The minimum atomic E-state index is 0. The molecular formula is C105H165F5S5. The Labute approximate surface area is 728 Å². The van der Waals surface area contributed by atoms with E-state index in [0.29, 0.717) is 27.1 Å². The Hall–Kier alpha value is -2.50. The number of unbranched alkanes of at least 4 members (excludes halogenated alkanes) is 20. The van der Waals surface area contributed by atoms with Crippen LogP contribution in [-0.2, 0) is 27.1 Å². The van der Waals surface area contributed by atoms with E-state index in [4.69, 9.17) is 0 Å². The van der Waals surface area contributed by atoms with Gasteiger partial charge in [0, 0.05) is 24.5 Å². The van der Waals surface area contributed by atoms with Crippen LogP contribution in [-0.4, -0.2) is 0 Å². The zero-order valence-electron chi connectivity index (χ0n) is 73.3. The largest absolute Gasteiger partial charge is 0.269 e. The summed E-state index contributed by atoms with van der Waals surface area (Å²) in [6, 6.07) is 45.2. The molecule has 15 aliphatic carbocycles. The summed E-state index contributed by atoms with van der Waals surface area (Å²) in [5.74, 6) is 0. The number of hydrogen-bond acceptors (Lipinski definition) is 5. The quantitative estimate of drug-likeness (QED) is 0.0149. The van der Waals surface area contributed by atoms with Crippen LogP contribution in [0.4, 0.5) is 23.5 Å². The second-order valence-electron chi connectivity index (χ2n) is 40.0. The summed E-state index contributed by atoms with van der Waals surface area (Å²) in [6.07, 6.45) is 86.9. The standard InChI is InChI=1S/5C21H32S.5FH/c5*1-2-3-4-5-6-11-20-12-15-21(16-13-20,17-14-20)18-7-9-19(22)10-8-18;;;;;/h5*7-10,22H,2-6,11-17H2,1H3;5*1H. The Morgan fingerprint density at radius 3 is 0.391 bits per heavy atom. The van der Waals surface area contributed by atoms with Gasteiger partial charge in [0.2, 0.25) is 0 Å². The highest BCUT2D eigenvalue weighted by Crippen LogP contribution is 2.65. The normalized spacial score (nSPS) is 29.3. The molecule has 10 heteroatoms. The van der Waals surface area contributed by atoms with Gasteiger partial charge in [-0.2, -0.15) is 0 Å². The molecule has 0 aromatic heterocycles. The molecule has 0 heterocycles. The van der Waals surface area contributed by atoms with Crippen molar-refractivity contribution in [3.63, 3.8) is 0 Å². The van der Waals surface area contributed by atoms with Gasteiger partial charge in [-0.15, -0.1) is 63.1 Å². The van der Waals surface area contributed by atoms with E-state index >= 15 is 0 Å². The molecule has 0 aliphatic heterocycles. The van der Waals surface area contributed by atoms with E-state index in [1.54, 1.807) is 27.8 Å². The third-order valence-corrected chi connectivity index (χ3v) is 35.0. The molecule has 0 spiro atoms. The van der Waals surface area contributed by atoms with Gasteiger partial charge in [0.05, 0.1) is 0 Å². The van der Waals surface area contributed by atoms with Crippen LogP contribution in [0, 0.1) is 27.1 Å². The van der Waals surface area contributed by atoms with Crippen molar-refractivity contribution in [1.82, 2.24) is 0 Å². The van der Waals surface area contributed by atoms with Crippen molar-refractivity contribution >= 4 is 63.1 Å². The monoisotopic (exact) mass is 1680 g/mol. The Bertz CT molecular complexity index is 2800. The Kier molecular flexibility index (Phi) is 42.7. The third kappa shape index (κ3) is 27.0. The van der Waals surface area contributed by atoms with E-state index in [-0.39, 0.29) is 23.5 Å². The molecule has 115 heavy (non-hydrogen) atoms. The molecule has 15 aliphatic rings. The van der Waals surface area contributed by atoms with Crippen molar-refractivity contribution in [1.29, 1.82) is 0 Å². The molecule has 0 N–H and O–H groups in total. The zero-order valence-corrected chi connectivity index (χ0v) is 77.7. The lowest BCUT2D eigenvalue weighted by Crippen LogP contribution is -2.44. The average molecular weight is 1680 g/mol. The molecule has 0 nitrogen and oxygen atoms in total. The van der Waals surface area contributed by atoms with E-state index in [9.17, 15) is 0 Å². The lowest BCUT2D eigenvalue weighted by molar-refractivity contribution is 0.0304. The van der Waals surface area contributed by atoms with Crippen LogP contribution in [0.1, 0.15) is 448 Å². The molecule has 5 aromatic rings. The van der Waals surface area contributed by atoms with E-state index in [0.717, 1.165) is 51.6 Å². The van der Waals surface area contributed by atoms with Crippen molar-refractivity contribution in [2.45, 2.75) is 471 Å². The number of benzene rings is 5. The van der Waals surface area contributed by atoms with Gasteiger partial charge < -0.3 is 0 Å². The van der Waals surface area contributed by atoms with Gasteiger partial charge >= 0.3 is 0 Å². The van der Waals surface area contributed by atoms with Crippen molar-refractivity contribution in [2.75, 3.05) is 0 Å². The summed E-state index contributed by atoms with van der Waals surface area (Å²) in [4.78, 5) is 5.45. The van der Waals surface area contributed by atoms with Crippen LogP contribution in [0.25, 0.3) is 0 Å². The molecular weight excluding hydrogens is 1520 g/mol. The number of rotatable bonds is 35. The number of thiol groups is 5. The smallest absolute Gasteiger partial charge is 0.00401 e. The van der Waals surface area contributed by atoms with Crippen molar-refractivity contribution < 1.29 is 23.5 Å². The SMILES string of the molecule is CCCCCCCC12CCC(c3ccc(S)cc3)(CC1)CC2.CCCCCCCC12CCC(c3ccc(S)cc3)(CC1)CC2.CCCCCCCC12CCC(c3ccc(S)cc3)(CC1)CC2.CCCCCCCC12CCC(c3ccc(S)cc3)(CC1)CC2.CCCCCCCC12CCC(c3ccc(S)cc3)(CC1)CC2.F.F.F.F.F. The fourth-order valence-corrected chi connectivity index (χ4v) is 25.7. The maximum Gasteiger partial charge on any atom is 0.00401 e. The minimum Gasteiger partial charge on any atom is -0.269 e. The number of halogens is 5. The van der Waals surface area contributed by atoms with E-state index in [1.165, 1.54) is 385 Å². The lowest BCUT2D eigenvalue weighted by Gasteiger charge is -2.54. The first-order valence-corrected chi connectivity index (χ1v) is 49.6. The molecule has 0 atom stereocenters.